The van der Waals surface area contributed by atoms with Crippen LogP contribution in [0.5, 0.6) is 0 Å². The van der Waals surface area contributed by atoms with E-state index in [1.165, 1.54) is 6.92 Å². The summed E-state index contributed by atoms with van der Waals surface area (Å²) in [7, 11) is 0. The fourth-order valence-electron chi connectivity index (χ4n) is 3.43. The number of imide groups is 1. The van der Waals surface area contributed by atoms with Crippen molar-refractivity contribution < 1.29 is 14.8 Å². The van der Waals surface area contributed by atoms with Crippen LogP contribution in [0.4, 0.5) is 0 Å². The normalized spacial score (nSPS) is 21.4. The van der Waals surface area contributed by atoms with Gasteiger partial charge in [0.15, 0.2) is 5.84 Å². The van der Waals surface area contributed by atoms with E-state index in [4.69, 9.17) is 5.21 Å². The first kappa shape index (κ1) is 12.8. The molecule has 3 rings (SSSR count). The van der Waals surface area contributed by atoms with Gasteiger partial charge in [-0.15, -0.1) is 0 Å². The lowest BCUT2D eigenvalue weighted by atomic mass is 9.72. The molecular weight excluding hydrogens is 256 g/mol. The number of carbonyl (C=O) groups is 2. The largest absolute Gasteiger partial charge is 0.409 e. The van der Waals surface area contributed by atoms with Crippen molar-refractivity contribution in [2.24, 2.45) is 5.16 Å². The number of nitrogens with zero attached hydrogens (tertiary/aromatic N) is 2. The van der Waals surface area contributed by atoms with E-state index < -0.39 is 11.3 Å². The van der Waals surface area contributed by atoms with E-state index >= 15 is 0 Å². The van der Waals surface area contributed by atoms with Gasteiger partial charge in [0.2, 0.25) is 5.91 Å². The second kappa shape index (κ2) is 4.44. The summed E-state index contributed by atoms with van der Waals surface area (Å²) >= 11 is 0. The molecule has 0 aromatic heterocycles. The summed E-state index contributed by atoms with van der Waals surface area (Å²) in [6.45, 7) is 1.46. The van der Waals surface area contributed by atoms with Crippen molar-refractivity contribution in [1.29, 1.82) is 0 Å². The van der Waals surface area contributed by atoms with Crippen LogP contribution in [0.2, 0.25) is 0 Å². The zero-order chi connectivity index (χ0) is 14.3. The van der Waals surface area contributed by atoms with Gasteiger partial charge in [-0.3, -0.25) is 9.59 Å². The Morgan fingerprint density at radius 3 is 2.55 bits per heavy atom. The molecule has 1 N–H and O–H groups in total. The molecule has 0 bridgehead atoms. The summed E-state index contributed by atoms with van der Waals surface area (Å²) in [6.07, 6.45) is 3.42. The van der Waals surface area contributed by atoms with Crippen molar-refractivity contribution >= 4 is 17.6 Å². The van der Waals surface area contributed by atoms with E-state index in [0.717, 1.165) is 36.1 Å². The number of amidine groups is 1. The maximum atomic E-state index is 12.8. The molecule has 1 aromatic carbocycles. The molecule has 104 valence electrons. The topological polar surface area (TPSA) is 70.0 Å². The van der Waals surface area contributed by atoms with E-state index in [9.17, 15) is 9.59 Å². The van der Waals surface area contributed by atoms with Crippen molar-refractivity contribution in [3.8, 4) is 0 Å². The fraction of sp³-hybridized carbons (Fsp3) is 0.400. The molecular formula is C15H16N2O3. The second-order valence-electron chi connectivity index (χ2n) is 5.43. The molecule has 1 aromatic rings. The molecule has 1 aliphatic heterocycles. The van der Waals surface area contributed by atoms with E-state index in [1.807, 2.05) is 12.1 Å². The molecule has 2 amide bonds. The SMILES string of the molecule is C/C(=N\O)N1C(=O)c2ccccc2C2(CCCC2)C1=O. The lowest BCUT2D eigenvalue weighted by Crippen LogP contribution is -2.55. The third-order valence-corrected chi connectivity index (χ3v) is 4.41. The van der Waals surface area contributed by atoms with Crippen molar-refractivity contribution in [3.05, 3.63) is 35.4 Å². The van der Waals surface area contributed by atoms with Crippen LogP contribution in [-0.2, 0) is 10.2 Å². The van der Waals surface area contributed by atoms with Crippen molar-refractivity contribution in [3.63, 3.8) is 0 Å². The molecule has 5 heteroatoms. The molecule has 1 aliphatic carbocycles. The van der Waals surface area contributed by atoms with E-state index in [-0.39, 0.29) is 11.7 Å². The van der Waals surface area contributed by atoms with Crippen LogP contribution in [0.3, 0.4) is 0 Å². The quantitative estimate of drug-likeness (QED) is 0.259. The number of rotatable bonds is 0. The van der Waals surface area contributed by atoms with Gasteiger partial charge < -0.3 is 5.21 Å². The molecule has 1 fully saturated rings. The predicted molar refractivity (Wildman–Crippen MR) is 72.7 cm³/mol. The first-order valence-corrected chi connectivity index (χ1v) is 6.79. The maximum Gasteiger partial charge on any atom is 0.266 e. The van der Waals surface area contributed by atoms with Gasteiger partial charge in [0.1, 0.15) is 0 Å². The third-order valence-electron chi connectivity index (χ3n) is 4.41. The third kappa shape index (κ3) is 1.52. The number of oxime groups is 1. The summed E-state index contributed by atoms with van der Waals surface area (Å²) in [6, 6.07) is 7.27. The Labute approximate surface area is 116 Å². The monoisotopic (exact) mass is 272 g/mol. The van der Waals surface area contributed by atoms with Crippen molar-refractivity contribution in [2.45, 2.75) is 38.0 Å². The van der Waals surface area contributed by atoms with E-state index in [0.29, 0.717) is 5.56 Å². The average molecular weight is 272 g/mol. The van der Waals surface area contributed by atoms with Crippen LogP contribution in [0, 0.1) is 0 Å². The first-order chi connectivity index (χ1) is 9.62. The van der Waals surface area contributed by atoms with Gasteiger partial charge in [-0.2, -0.15) is 0 Å². The number of amides is 2. The van der Waals surface area contributed by atoms with Crippen molar-refractivity contribution in [1.82, 2.24) is 4.90 Å². The zero-order valence-corrected chi connectivity index (χ0v) is 11.3. The highest BCUT2D eigenvalue weighted by Gasteiger charge is 2.52. The Bertz CT molecular complexity index is 615. The average Bonchev–Trinajstić information content (AvgIpc) is 2.96. The Morgan fingerprint density at radius 2 is 1.90 bits per heavy atom. The van der Waals surface area contributed by atoms with Gasteiger partial charge >= 0.3 is 0 Å². The summed E-state index contributed by atoms with van der Waals surface area (Å²) in [5, 5.41) is 12.0. The van der Waals surface area contributed by atoms with Gasteiger partial charge in [-0.25, -0.2) is 4.90 Å². The molecule has 5 nitrogen and oxygen atoms in total. The van der Waals surface area contributed by atoms with Gasteiger partial charge in [0, 0.05) is 5.56 Å². The molecule has 0 radical (unpaired) electrons. The molecule has 1 saturated carbocycles. The molecule has 0 unspecified atom stereocenters. The lowest BCUT2D eigenvalue weighted by molar-refractivity contribution is -0.132. The van der Waals surface area contributed by atoms with Crippen LogP contribution in [0.15, 0.2) is 29.4 Å². The standard InChI is InChI=1S/C15H16N2O3/c1-10(16-20)17-13(18)11-6-2-3-7-12(11)15(14(17)19)8-4-5-9-15/h2-3,6-7,20H,4-5,8-9H2,1H3/b16-10+. The highest BCUT2D eigenvalue weighted by atomic mass is 16.4. The predicted octanol–water partition coefficient (Wildman–Crippen LogP) is 2.29. The van der Waals surface area contributed by atoms with Crippen LogP contribution in [0.25, 0.3) is 0 Å². The van der Waals surface area contributed by atoms with Crippen LogP contribution >= 0.6 is 0 Å². The number of benzene rings is 1. The highest BCUT2D eigenvalue weighted by Crippen LogP contribution is 2.46. The smallest absolute Gasteiger partial charge is 0.266 e. The molecule has 1 heterocycles. The Morgan fingerprint density at radius 1 is 1.25 bits per heavy atom. The van der Waals surface area contributed by atoms with E-state index in [2.05, 4.69) is 5.16 Å². The first-order valence-electron chi connectivity index (χ1n) is 6.79. The highest BCUT2D eigenvalue weighted by molar-refractivity contribution is 6.22. The summed E-state index contributed by atoms with van der Waals surface area (Å²) in [5.41, 5.74) is 0.739. The lowest BCUT2D eigenvalue weighted by Gasteiger charge is -2.38. The maximum absolute atomic E-state index is 12.8. The summed E-state index contributed by atoms with van der Waals surface area (Å²) < 4.78 is 0. The zero-order valence-electron chi connectivity index (χ0n) is 11.3. The molecule has 0 atom stereocenters. The van der Waals surface area contributed by atoms with Crippen LogP contribution < -0.4 is 0 Å². The second-order valence-corrected chi connectivity index (χ2v) is 5.43. The minimum atomic E-state index is -0.629. The minimum Gasteiger partial charge on any atom is -0.409 e. The Hall–Kier alpha value is -2.17. The molecule has 2 aliphatic rings. The molecule has 1 spiro atoms. The molecule has 0 saturated heterocycles. The Balaban J connectivity index is 2.24. The number of carbonyl (C=O) groups excluding carboxylic acids is 2. The Kier molecular flexibility index (Phi) is 2.85. The van der Waals surface area contributed by atoms with Gasteiger partial charge in [-0.05, 0) is 31.4 Å². The summed E-state index contributed by atoms with van der Waals surface area (Å²) in [4.78, 5) is 26.3. The molecule has 20 heavy (non-hydrogen) atoms. The number of hydrogen-bond acceptors (Lipinski definition) is 4. The number of hydrogen-bond donors (Lipinski definition) is 1. The fourth-order valence-corrected chi connectivity index (χ4v) is 3.43. The van der Waals surface area contributed by atoms with E-state index in [1.54, 1.807) is 12.1 Å². The van der Waals surface area contributed by atoms with Gasteiger partial charge in [-0.1, -0.05) is 36.2 Å². The van der Waals surface area contributed by atoms with Gasteiger partial charge in [0.05, 0.1) is 5.41 Å². The van der Waals surface area contributed by atoms with Crippen molar-refractivity contribution in [2.75, 3.05) is 0 Å². The minimum absolute atomic E-state index is 0.0285. The van der Waals surface area contributed by atoms with Crippen LogP contribution in [-0.4, -0.2) is 27.8 Å². The van der Waals surface area contributed by atoms with Crippen LogP contribution in [0.1, 0.15) is 48.5 Å². The number of fused-ring (bicyclic) bond motifs is 2. The summed E-state index contributed by atoms with van der Waals surface area (Å²) in [5.74, 6) is -0.631. The van der Waals surface area contributed by atoms with Gasteiger partial charge in [0.25, 0.3) is 5.91 Å².